The Labute approximate surface area is 177 Å². The quantitative estimate of drug-likeness (QED) is 0.697. The van der Waals surface area contributed by atoms with Crippen molar-refractivity contribution in [3.8, 4) is 0 Å². The molecule has 2 aromatic rings. The minimum absolute atomic E-state index is 0.0103. The van der Waals surface area contributed by atoms with E-state index in [0.717, 1.165) is 42.4 Å². The molecule has 0 atom stereocenters. The number of thioether (sulfide) groups is 1. The van der Waals surface area contributed by atoms with Crippen molar-refractivity contribution in [3.05, 3.63) is 54.6 Å². The number of nitrogens with one attached hydrogen (secondary N) is 1. The van der Waals surface area contributed by atoms with Gasteiger partial charge in [-0.15, -0.1) is 11.8 Å². The zero-order valence-electron chi connectivity index (χ0n) is 17.1. The summed E-state index contributed by atoms with van der Waals surface area (Å²) in [6.07, 6.45) is 0.622. The molecule has 5 nitrogen and oxygen atoms in total. The van der Waals surface area contributed by atoms with E-state index >= 15 is 0 Å². The lowest BCUT2D eigenvalue weighted by atomic mass is 10.1. The summed E-state index contributed by atoms with van der Waals surface area (Å²) in [6, 6.07) is 17.9. The predicted molar refractivity (Wildman–Crippen MR) is 120 cm³/mol. The number of anilines is 2. The minimum Gasteiger partial charge on any atom is -0.368 e. The average molecular weight is 412 g/mol. The zero-order valence-corrected chi connectivity index (χ0v) is 18.0. The third-order valence-corrected chi connectivity index (χ3v) is 5.86. The summed E-state index contributed by atoms with van der Waals surface area (Å²) in [4.78, 5) is 29.7. The summed E-state index contributed by atoms with van der Waals surface area (Å²) in [5, 5.41) is 2.95. The zero-order chi connectivity index (χ0) is 20.6. The number of hydrogen-bond donors (Lipinski definition) is 1. The van der Waals surface area contributed by atoms with Gasteiger partial charge in [0.2, 0.25) is 11.8 Å². The molecular formula is C23H29N3O2S. The van der Waals surface area contributed by atoms with Crippen LogP contribution in [0.4, 0.5) is 11.4 Å². The van der Waals surface area contributed by atoms with Gasteiger partial charge >= 0.3 is 0 Å². The molecule has 3 rings (SSSR count). The molecule has 1 N–H and O–H groups in total. The number of carbonyl (C=O) groups excluding carboxylic acids is 2. The number of nitrogens with zero attached hydrogens (tertiary/aromatic N) is 2. The Morgan fingerprint density at radius 1 is 0.966 bits per heavy atom. The summed E-state index contributed by atoms with van der Waals surface area (Å²) in [6.45, 7) is 7.36. The summed E-state index contributed by atoms with van der Waals surface area (Å²) in [5.41, 5.74) is 1.93. The van der Waals surface area contributed by atoms with Crippen molar-refractivity contribution in [2.75, 3.05) is 42.1 Å². The van der Waals surface area contributed by atoms with Gasteiger partial charge in [0, 0.05) is 48.9 Å². The Bertz CT molecular complexity index is 801. The highest BCUT2D eigenvalue weighted by molar-refractivity contribution is 8.00. The lowest BCUT2D eigenvalue weighted by Gasteiger charge is -2.36. The molecule has 6 heteroatoms. The molecule has 154 valence electrons. The van der Waals surface area contributed by atoms with Crippen LogP contribution in [0.3, 0.4) is 0 Å². The Morgan fingerprint density at radius 2 is 1.62 bits per heavy atom. The van der Waals surface area contributed by atoms with Gasteiger partial charge in [-0.2, -0.15) is 0 Å². The van der Waals surface area contributed by atoms with E-state index < -0.39 is 0 Å². The van der Waals surface area contributed by atoms with E-state index in [-0.39, 0.29) is 11.8 Å². The van der Waals surface area contributed by atoms with Crippen LogP contribution in [0, 0.1) is 5.92 Å². The molecule has 1 saturated heterocycles. The lowest BCUT2D eigenvalue weighted by Crippen LogP contribution is -2.49. The molecule has 0 aromatic heterocycles. The van der Waals surface area contributed by atoms with E-state index in [2.05, 4.69) is 24.1 Å². The molecule has 0 unspecified atom stereocenters. The van der Waals surface area contributed by atoms with Crippen LogP contribution in [-0.2, 0) is 9.59 Å². The van der Waals surface area contributed by atoms with Crippen LogP contribution in [0.15, 0.2) is 59.5 Å². The van der Waals surface area contributed by atoms with Gasteiger partial charge in [0.05, 0.1) is 5.75 Å². The maximum Gasteiger partial charge on any atom is 0.234 e. The molecule has 0 saturated carbocycles. The molecule has 1 aliphatic rings. The van der Waals surface area contributed by atoms with Gasteiger partial charge in [-0.05, 0) is 42.3 Å². The highest BCUT2D eigenvalue weighted by Crippen LogP contribution is 2.21. The highest BCUT2D eigenvalue weighted by atomic mass is 32.2. The first kappa shape index (κ1) is 21.2. The van der Waals surface area contributed by atoms with Crippen molar-refractivity contribution < 1.29 is 9.59 Å². The molecule has 0 aliphatic carbocycles. The SMILES string of the molecule is CC(C)CC(=O)N1CCN(c2ccc(NC(=O)CSc3ccccc3)cc2)CC1. The van der Waals surface area contributed by atoms with Crippen molar-refractivity contribution in [1.29, 1.82) is 0 Å². The van der Waals surface area contributed by atoms with Crippen LogP contribution in [0.2, 0.25) is 0 Å². The summed E-state index contributed by atoms with van der Waals surface area (Å²) in [7, 11) is 0. The fourth-order valence-electron chi connectivity index (χ4n) is 3.31. The molecule has 1 fully saturated rings. The van der Waals surface area contributed by atoms with Crippen LogP contribution in [0.25, 0.3) is 0 Å². The molecule has 2 aromatic carbocycles. The second kappa shape index (κ2) is 10.3. The summed E-state index contributed by atoms with van der Waals surface area (Å²) in [5.74, 6) is 1.03. The lowest BCUT2D eigenvalue weighted by molar-refractivity contribution is -0.132. The van der Waals surface area contributed by atoms with Crippen molar-refractivity contribution in [2.24, 2.45) is 5.92 Å². The van der Waals surface area contributed by atoms with E-state index in [1.54, 1.807) is 0 Å². The Hall–Kier alpha value is -2.47. The van der Waals surface area contributed by atoms with Crippen LogP contribution in [0.5, 0.6) is 0 Å². The molecular weight excluding hydrogens is 382 g/mol. The van der Waals surface area contributed by atoms with Crippen molar-refractivity contribution in [1.82, 2.24) is 4.90 Å². The largest absolute Gasteiger partial charge is 0.368 e. The molecule has 0 radical (unpaired) electrons. The van der Waals surface area contributed by atoms with Crippen LogP contribution >= 0.6 is 11.8 Å². The smallest absolute Gasteiger partial charge is 0.234 e. The van der Waals surface area contributed by atoms with E-state index in [0.29, 0.717) is 18.1 Å². The number of hydrogen-bond acceptors (Lipinski definition) is 4. The van der Waals surface area contributed by atoms with Gasteiger partial charge < -0.3 is 15.1 Å². The Kier molecular flexibility index (Phi) is 7.58. The van der Waals surface area contributed by atoms with Gasteiger partial charge in [0.15, 0.2) is 0 Å². The second-order valence-corrected chi connectivity index (χ2v) is 8.71. The number of benzene rings is 2. The average Bonchev–Trinajstić information content (AvgIpc) is 2.73. The molecule has 0 spiro atoms. The second-order valence-electron chi connectivity index (χ2n) is 7.66. The first-order valence-corrected chi connectivity index (χ1v) is 11.1. The van der Waals surface area contributed by atoms with E-state index in [1.807, 2.05) is 59.5 Å². The van der Waals surface area contributed by atoms with Crippen LogP contribution in [-0.4, -0.2) is 48.6 Å². The fourth-order valence-corrected chi connectivity index (χ4v) is 4.03. The predicted octanol–water partition coefficient (Wildman–Crippen LogP) is 4.11. The maximum atomic E-state index is 12.2. The topological polar surface area (TPSA) is 52.7 Å². The minimum atomic E-state index is -0.0103. The molecule has 29 heavy (non-hydrogen) atoms. The maximum absolute atomic E-state index is 12.2. The number of rotatable bonds is 7. The summed E-state index contributed by atoms with van der Waals surface area (Å²) >= 11 is 1.53. The normalized spacial score (nSPS) is 14.2. The van der Waals surface area contributed by atoms with Crippen LogP contribution < -0.4 is 10.2 Å². The molecule has 1 aliphatic heterocycles. The number of carbonyl (C=O) groups is 2. The third-order valence-electron chi connectivity index (χ3n) is 4.84. The number of amides is 2. The van der Waals surface area contributed by atoms with Crippen molar-refractivity contribution >= 4 is 35.0 Å². The van der Waals surface area contributed by atoms with Crippen molar-refractivity contribution in [2.45, 2.75) is 25.2 Å². The van der Waals surface area contributed by atoms with Gasteiger partial charge in [-0.3, -0.25) is 9.59 Å². The van der Waals surface area contributed by atoms with Crippen molar-refractivity contribution in [3.63, 3.8) is 0 Å². The highest BCUT2D eigenvalue weighted by Gasteiger charge is 2.21. The fraction of sp³-hybridized carbons (Fsp3) is 0.391. The van der Waals surface area contributed by atoms with E-state index in [9.17, 15) is 9.59 Å². The van der Waals surface area contributed by atoms with Gasteiger partial charge in [-0.1, -0.05) is 32.0 Å². The molecule has 2 amide bonds. The standard InChI is InChI=1S/C23H29N3O2S/c1-18(2)16-23(28)26-14-12-25(13-15-26)20-10-8-19(9-11-20)24-22(27)17-29-21-6-4-3-5-7-21/h3-11,18H,12-17H2,1-2H3,(H,24,27). The molecule has 1 heterocycles. The first-order valence-electron chi connectivity index (χ1n) is 10.1. The van der Waals surface area contributed by atoms with Gasteiger partial charge in [0.1, 0.15) is 0 Å². The first-order chi connectivity index (χ1) is 14.0. The monoisotopic (exact) mass is 411 g/mol. The van der Waals surface area contributed by atoms with E-state index in [4.69, 9.17) is 0 Å². The molecule has 0 bridgehead atoms. The Morgan fingerprint density at radius 3 is 2.24 bits per heavy atom. The van der Waals surface area contributed by atoms with Gasteiger partial charge in [0.25, 0.3) is 0 Å². The summed E-state index contributed by atoms with van der Waals surface area (Å²) < 4.78 is 0. The van der Waals surface area contributed by atoms with Crippen LogP contribution in [0.1, 0.15) is 20.3 Å². The third kappa shape index (κ3) is 6.53. The Balaban J connectivity index is 1.45. The van der Waals surface area contributed by atoms with Gasteiger partial charge in [-0.25, -0.2) is 0 Å². The number of piperazine rings is 1. The van der Waals surface area contributed by atoms with E-state index in [1.165, 1.54) is 11.8 Å².